The summed E-state index contributed by atoms with van der Waals surface area (Å²) in [6, 6.07) is 19.2. The number of halogens is 1. The minimum atomic E-state index is -0.205. The van der Waals surface area contributed by atoms with E-state index in [-0.39, 0.29) is 17.4 Å². The van der Waals surface area contributed by atoms with Crippen LogP contribution in [0.2, 0.25) is 5.02 Å². The van der Waals surface area contributed by atoms with Crippen molar-refractivity contribution >= 4 is 34.1 Å². The molecule has 5 rings (SSSR count). The zero-order valence-electron chi connectivity index (χ0n) is 18.6. The van der Waals surface area contributed by atoms with Crippen LogP contribution in [-0.2, 0) is 11.3 Å². The number of carbonyl (C=O) groups is 1. The van der Waals surface area contributed by atoms with Gasteiger partial charge in [0.1, 0.15) is 5.69 Å². The minimum absolute atomic E-state index is 0.00456. The van der Waals surface area contributed by atoms with Gasteiger partial charge in [-0.2, -0.15) is 0 Å². The van der Waals surface area contributed by atoms with Gasteiger partial charge in [-0.3, -0.25) is 14.6 Å². The number of carbonyl (C=O) groups excluding carboxylic acids is 1. The van der Waals surface area contributed by atoms with E-state index in [4.69, 9.17) is 11.6 Å². The summed E-state index contributed by atoms with van der Waals surface area (Å²) >= 11 is 6.34. The van der Waals surface area contributed by atoms with E-state index in [1.54, 1.807) is 18.5 Å². The van der Waals surface area contributed by atoms with Crippen molar-refractivity contribution in [2.45, 2.75) is 19.4 Å². The molecule has 7 heteroatoms. The molecule has 34 heavy (non-hydrogen) atoms. The van der Waals surface area contributed by atoms with Gasteiger partial charge in [-0.1, -0.05) is 48.0 Å². The molecule has 0 spiro atoms. The van der Waals surface area contributed by atoms with Gasteiger partial charge in [0.05, 0.1) is 5.92 Å². The summed E-state index contributed by atoms with van der Waals surface area (Å²) in [5.74, 6) is -0.210. The molecule has 6 nitrogen and oxygen atoms in total. The van der Waals surface area contributed by atoms with Gasteiger partial charge in [0, 0.05) is 53.5 Å². The maximum Gasteiger partial charge on any atom is 0.272 e. The van der Waals surface area contributed by atoms with Gasteiger partial charge in [-0.15, -0.1) is 0 Å². The van der Waals surface area contributed by atoms with Crippen molar-refractivity contribution in [2.75, 3.05) is 18.0 Å². The maximum absolute atomic E-state index is 13.4. The summed E-state index contributed by atoms with van der Waals surface area (Å²) in [5, 5.41) is 4.52. The Balaban J connectivity index is 1.49. The highest BCUT2D eigenvalue weighted by Crippen LogP contribution is 2.37. The highest BCUT2D eigenvalue weighted by atomic mass is 35.5. The van der Waals surface area contributed by atoms with Crippen LogP contribution in [0.15, 0.2) is 77.9 Å². The molecule has 0 saturated carbocycles. The Bertz CT molecular complexity index is 1370. The molecular weight excluding hydrogens is 448 g/mol. The van der Waals surface area contributed by atoms with Gasteiger partial charge in [-0.25, -0.2) is 0 Å². The van der Waals surface area contributed by atoms with Gasteiger partial charge in [0.15, 0.2) is 0 Å². The number of benzene rings is 2. The molecule has 3 heterocycles. The second-order valence-electron chi connectivity index (χ2n) is 8.60. The third-order valence-electron chi connectivity index (χ3n) is 6.31. The summed E-state index contributed by atoms with van der Waals surface area (Å²) < 4.78 is 0. The molecule has 2 aromatic carbocycles. The fraction of sp³-hybridized carbons (Fsp3) is 0.222. The Labute approximate surface area is 202 Å². The highest BCUT2D eigenvalue weighted by molar-refractivity contribution is 6.31. The van der Waals surface area contributed by atoms with Crippen LogP contribution in [0.3, 0.4) is 0 Å². The highest BCUT2D eigenvalue weighted by Gasteiger charge is 2.29. The van der Waals surface area contributed by atoms with E-state index in [1.165, 1.54) is 0 Å². The fourth-order valence-corrected chi connectivity index (χ4v) is 4.86. The van der Waals surface area contributed by atoms with Crippen LogP contribution in [0.4, 0.5) is 5.69 Å². The Kier molecular flexibility index (Phi) is 6.32. The molecule has 2 N–H and O–H groups in total. The van der Waals surface area contributed by atoms with Gasteiger partial charge in [-0.05, 0) is 48.2 Å². The molecule has 0 bridgehead atoms. The van der Waals surface area contributed by atoms with Gasteiger partial charge < -0.3 is 15.2 Å². The van der Waals surface area contributed by atoms with Crippen molar-refractivity contribution in [2.24, 2.45) is 5.92 Å². The molecule has 1 amide bonds. The average Bonchev–Trinajstić information content (AvgIpc) is 2.88. The molecule has 4 aromatic rings. The average molecular weight is 473 g/mol. The molecule has 1 atom stereocenters. The van der Waals surface area contributed by atoms with Gasteiger partial charge >= 0.3 is 0 Å². The molecular formula is C27H25ClN4O2. The predicted molar refractivity (Wildman–Crippen MR) is 136 cm³/mol. The SMILES string of the molecule is O=C(NCc1cccnc1)C1CCCN(c2c(-c3ccccc3)c3cc(Cl)ccc3[nH]c2=O)C1. The molecule has 0 aliphatic carbocycles. The largest absolute Gasteiger partial charge is 0.366 e. The Morgan fingerprint density at radius 2 is 2.00 bits per heavy atom. The normalized spacial score (nSPS) is 15.9. The van der Waals surface area contributed by atoms with Crippen LogP contribution in [0, 0.1) is 5.92 Å². The Morgan fingerprint density at radius 3 is 2.79 bits per heavy atom. The Hall–Kier alpha value is -3.64. The fourth-order valence-electron chi connectivity index (χ4n) is 4.68. The summed E-state index contributed by atoms with van der Waals surface area (Å²) in [6.07, 6.45) is 5.07. The molecule has 0 radical (unpaired) electrons. The lowest BCUT2D eigenvalue weighted by Crippen LogP contribution is -2.44. The number of fused-ring (bicyclic) bond motifs is 1. The smallest absolute Gasteiger partial charge is 0.272 e. The third kappa shape index (κ3) is 4.54. The van der Waals surface area contributed by atoms with E-state index in [0.29, 0.717) is 30.3 Å². The van der Waals surface area contributed by atoms with Crippen molar-refractivity contribution in [3.8, 4) is 11.1 Å². The van der Waals surface area contributed by atoms with Crippen LogP contribution in [-0.4, -0.2) is 29.0 Å². The number of aromatic amines is 1. The maximum atomic E-state index is 13.4. The molecule has 172 valence electrons. The number of hydrogen-bond acceptors (Lipinski definition) is 4. The van der Waals surface area contributed by atoms with Crippen molar-refractivity contribution in [3.63, 3.8) is 0 Å². The molecule has 1 unspecified atom stereocenters. The number of H-pyrrole nitrogens is 1. The first-order chi connectivity index (χ1) is 16.6. The molecule has 1 saturated heterocycles. The number of pyridine rings is 2. The second kappa shape index (κ2) is 9.69. The van der Waals surface area contributed by atoms with Crippen LogP contribution in [0.1, 0.15) is 18.4 Å². The molecule has 2 aromatic heterocycles. The lowest BCUT2D eigenvalue weighted by Gasteiger charge is -2.34. The number of aromatic nitrogens is 2. The van der Waals surface area contributed by atoms with Crippen LogP contribution in [0.5, 0.6) is 0 Å². The number of amides is 1. The number of rotatable bonds is 5. The minimum Gasteiger partial charge on any atom is -0.366 e. The summed E-state index contributed by atoms with van der Waals surface area (Å²) in [4.78, 5) is 35.5. The van der Waals surface area contributed by atoms with Crippen LogP contribution in [0.25, 0.3) is 22.0 Å². The van der Waals surface area contributed by atoms with E-state index in [0.717, 1.165) is 40.4 Å². The van der Waals surface area contributed by atoms with E-state index in [9.17, 15) is 9.59 Å². The number of hydrogen-bond donors (Lipinski definition) is 2. The first-order valence-corrected chi connectivity index (χ1v) is 11.8. The van der Waals surface area contributed by atoms with Gasteiger partial charge in [0.25, 0.3) is 5.56 Å². The molecule has 1 aliphatic rings. The van der Waals surface area contributed by atoms with E-state index < -0.39 is 0 Å². The topological polar surface area (TPSA) is 78.1 Å². The van der Waals surface area contributed by atoms with E-state index in [1.807, 2.05) is 54.6 Å². The predicted octanol–water partition coefficient (Wildman–Crippen LogP) is 4.78. The van der Waals surface area contributed by atoms with Gasteiger partial charge in [0.2, 0.25) is 5.91 Å². The first-order valence-electron chi connectivity index (χ1n) is 11.4. The second-order valence-corrected chi connectivity index (χ2v) is 9.03. The summed E-state index contributed by atoms with van der Waals surface area (Å²) in [5.41, 5.74) is 3.91. The van der Waals surface area contributed by atoms with Crippen LogP contribution < -0.4 is 15.8 Å². The number of nitrogens with one attached hydrogen (secondary N) is 2. The monoisotopic (exact) mass is 472 g/mol. The molecule has 1 aliphatic heterocycles. The van der Waals surface area contributed by atoms with Crippen molar-refractivity contribution in [3.05, 3.63) is 94.0 Å². The summed E-state index contributed by atoms with van der Waals surface area (Å²) in [7, 11) is 0. The quantitative estimate of drug-likeness (QED) is 0.438. The standard InChI is InChI=1S/C27H25ClN4O2/c28-21-10-11-23-22(14-21)24(19-7-2-1-3-8-19)25(27(34)31-23)32-13-5-9-20(17-32)26(33)30-16-18-6-4-12-29-15-18/h1-4,6-8,10-12,14-15,20H,5,9,13,16-17H2,(H,30,33)(H,31,34). The zero-order chi connectivity index (χ0) is 23.5. The lowest BCUT2D eigenvalue weighted by atomic mass is 9.94. The lowest BCUT2D eigenvalue weighted by molar-refractivity contribution is -0.125. The van der Waals surface area contributed by atoms with Crippen LogP contribution >= 0.6 is 11.6 Å². The number of nitrogens with zero attached hydrogens (tertiary/aromatic N) is 2. The number of anilines is 1. The van der Waals surface area contributed by atoms with E-state index >= 15 is 0 Å². The third-order valence-corrected chi connectivity index (χ3v) is 6.55. The van der Waals surface area contributed by atoms with E-state index in [2.05, 4.69) is 20.2 Å². The first kappa shape index (κ1) is 22.2. The van der Waals surface area contributed by atoms with Crippen molar-refractivity contribution in [1.29, 1.82) is 0 Å². The van der Waals surface area contributed by atoms with Crippen molar-refractivity contribution in [1.82, 2.24) is 15.3 Å². The molecule has 1 fully saturated rings. The zero-order valence-corrected chi connectivity index (χ0v) is 19.4. The number of piperidine rings is 1. The summed E-state index contributed by atoms with van der Waals surface area (Å²) in [6.45, 7) is 1.63. The Morgan fingerprint density at radius 1 is 1.15 bits per heavy atom. The van der Waals surface area contributed by atoms with Crippen molar-refractivity contribution < 1.29 is 4.79 Å².